The van der Waals surface area contributed by atoms with E-state index in [1.165, 1.54) is 7.11 Å². The molecule has 1 atom stereocenters. The molecule has 1 amide bonds. The van der Waals surface area contributed by atoms with Gasteiger partial charge in [-0.1, -0.05) is 6.92 Å². The third-order valence-electron chi connectivity index (χ3n) is 3.39. The molecule has 20 heavy (non-hydrogen) atoms. The monoisotopic (exact) mass is 296 g/mol. The number of amides is 1. The smallest absolute Gasteiger partial charge is 0.384 e. The first-order valence-electron chi connectivity index (χ1n) is 6.89. The summed E-state index contributed by atoms with van der Waals surface area (Å²) in [6, 6.07) is -0.319. The Balaban J connectivity index is 2.67. The van der Waals surface area contributed by atoms with E-state index in [2.05, 4.69) is 5.32 Å². The number of hydrogen-bond acceptors (Lipinski definition) is 3. The molecule has 0 aromatic heterocycles. The quantitative estimate of drug-likeness (QED) is 0.812. The van der Waals surface area contributed by atoms with Gasteiger partial charge in [-0.15, -0.1) is 0 Å². The number of alkyl halides is 3. The first kappa shape index (κ1) is 17.2. The molecule has 0 saturated carbocycles. The van der Waals surface area contributed by atoms with Crippen LogP contribution in [0.3, 0.4) is 0 Å². The third kappa shape index (κ3) is 6.09. The van der Waals surface area contributed by atoms with Crippen LogP contribution in [0, 0.1) is 5.92 Å². The van der Waals surface area contributed by atoms with E-state index in [0.29, 0.717) is 32.5 Å². The van der Waals surface area contributed by atoms with E-state index in [9.17, 15) is 18.0 Å². The number of methoxy groups -OCH3 is 1. The largest absolute Gasteiger partial charge is 0.406 e. The van der Waals surface area contributed by atoms with Crippen LogP contribution < -0.4 is 5.32 Å². The molecule has 0 aliphatic carbocycles. The van der Waals surface area contributed by atoms with E-state index < -0.39 is 18.6 Å². The number of carbonyl (C=O) groups is 1. The Morgan fingerprint density at radius 2 is 2.00 bits per heavy atom. The molecular formula is C13H23F3N2O2. The molecule has 0 bridgehead atoms. The number of hydrogen-bond donors (Lipinski definition) is 1. The van der Waals surface area contributed by atoms with Crippen molar-refractivity contribution in [1.29, 1.82) is 0 Å². The first-order chi connectivity index (χ1) is 9.33. The summed E-state index contributed by atoms with van der Waals surface area (Å²) in [7, 11) is 1.52. The minimum Gasteiger partial charge on any atom is -0.384 e. The fourth-order valence-corrected chi connectivity index (χ4v) is 2.49. The summed E-state index contributed by atoms with van der Waals surface area (Å²) >= 11 is 0. The summed E-state index contributed by atoms with van der Waals surface area (Å²) in [5.74, 6) is -0.510. The molecule has 7 heteroatoms. The van der Waals surface area contributed by atoms with Gasteiger partial charge in [0.25, 0.3) is 0 Å². The fourth-order valence-electron chi connectivity index (χ4n) is 2.49. The average molecular weight is 296 g/mol. The molecule has 1 aliphatic rings. The summed E-state index contributed by atoms with van der Waals surface area (Å²) in [5, 5.41) is 3.09. The van der Waals surface area contributed by atoms with Crippen molar-refractivity contribution in [2.24, 2.45) is 5.92 Å². The molecule has 1 aliphatic heterocycles. The molecule has 1 N–H and O–H groups in total. The third-order valence-corrected chi connectivity index (χ3v) is 3.39. The van der Waals surface area contributed by atoms with Gasteiger partial charge in [-0.2, -0.15) is 13.2 Å². The molecule has 0 aromatic rings. The van der Waals surface area contributed by atoms with Crippen molar-refractivity contribution in [2.45, 2.75) is 38.4 Å². The molecule has 1 fully saturated rings. The van der Waals surface area contributed by atoms with Gasteiger partial charge in [0.1, 0.15) is 6.54 Å². The SMILES string of the molecule is COCC(C)CC(=O)N(CC(F)(F)F)C1CCNCC1. The minimum absolute atomic E-state index is 0.0788. The lowest BCUT2D eigenvalue weighted by atomic mass is 10.0. The van der Waals surface area contributed by atoms with Crippen molar-refractivity contribution in [3.05, 3.63) is 0 Å². The highest BCUT2D eigenvalue weighted by Crippen LogP contribution is 2.23. The zero-order valence-electron chi connectivity index (χ0n) is 12.0. The van der Waals surface area contributed by atoms with E-state index in [0.717, 1.165) is 4.90 Å². The molecular weight excluding hydrogens is 273 g/mol. The summed E-state index contributed by atoms with van der Waals surface area (Å²) in [5.41, 5.74) is 0. The fraction of sp³-hybridized carbons (Fsp3) is 0.923. The van der Waals surface area contributed by atoms with E-state index in [1.807, 2.05) is 0 Å². The van der Waals surface area contributed by atoms with E-state index in [4.69, 9.17) is 4.74 Å². The minimum atomic E-state index is -4.36. The van der Waals surface area contributed by atoms with E-state index in [-0.39, 0.29) is 18.4 Å². The highest BCUT2D eigenvalue weighted by molar-refractivity contribution is 5.76. The highest BCUT2D eigenvalue weighted by Gasteiger charge is 2.37. The lowest BCUT2D eigenvalue weighted by Gasteiger charge is -2.35. The van der Waals surface area contributed by atoms with Crippen LogP contribution in [-0.2, 0) is 9.53 Å². The second kappa shape index (κ2) is 7.83. The standard InChI is InChI=1S/C13H23F3N2O2/c1-10(8-20-2)7-12(19)18(9-13(14,15)16)11-3-5-17-6-4-11/h10-11,17H,3-9H2,1-2H3. The summed E-state index contributed by atoms with van der Waals surface area (Å²) < 4.78 is 42.9. The van der Waals surface area contributed by atoms with Gasteiger partial charge >= 0.3 is 6.18 Å². The molecule has 4 nitrogen and oxygen atoms in total. The van der Waals surface area contributed by atoms with Crippen molar-refractivity contribution < 1.29 is 22.7 Å². The van der Waals surface area contributed by atoms with Gasteiger partial charge in [0, 0.05) is 26.2 Å². The van der Waals surface area contributed by atoms with Crippen molar-refractivity contribution in [3.63, 3.8) is 0 Å². The van der Waals surface area contributed by atoms with Crippen molar-refractivity contribution in [2.75, 3.05) is 33.4 Å². The average Bonchev–Trinajstić information content (AvgIpc) is 2.36. The first-order valence-corrected chi connectivity index (χ1v) is 6.89. The Hall–Kier alpha value is -0.820. The Kier molecular flexibility index (Phi) is 6.75. The van der Waals surface area contributed by atoms with Crippen LogP contribution >= 0.6 is 0 Å². The number of ether oxygens (including phenoxy) is 1. The number of halogens is 3. The molecule has 0 aromatic carbocycles. The number of carbonyl (C=O) groups excluding carboxylic acids is 1. The van der Waals surface area contributed by atoms with Crippen LogP contribution in [0.4, 0.5) is 13.2 Å². The molecule has 1 saturated heterocycles. The molecule has 1 unspecified atom stereocenters. The maximum Gasteiger partial charge on any atom is 0.406 e. The predicted octanol–water partition coefficient (Wildman–Crippen LogP) is 1.80. The normalized spacial score (nSPS) is 18.9. The summed E-state index contributed by atoms with van der Waals surface area (Å²) in [6.07, 6.45) is -3.13. The van der Waals surface area contributed by atoms with Gasteiger partial charge in [0.2, 0.25) is 5.91 Å². The lowest BCUT2D eigenvalue weighted by Crippen LogP contribution is -2.50. The van der Waals surface area contributed by atoms with Crippen LogP contribution in [0.1, 0.15) is 26.2 Å². The topological polar surface area (TPSA) is 41.6 Å². The van der Waals surface area contributed by atoms with Gasteiger partial charge in [-0.3, -0.25) is 4.79 Å². The van der Waals surface area contributed by atoms with E-state index >= 15 is 0 Å². The van der Waals surface area contributed by atoms with Gasteiger partial charge in [-0.05, 0) is 31.8 Å². The number of piperidine rings is 1. The Labute approximate surface area is 117 Å². The van der Waals surface area contributed by atoms with Gasteiger partial charge in [0.05, 0.1) is 0 Å². The number of nitrogens with one attached hydrogen (secondary N) is 1. The van der Waals surface area contributed by atoms with Crippen LogP contribution in [0.25, 0.3) is 0 Å². The van der Waals surface area contributed by atoms with Crippen LogP contribution in [-0.4, -0.2) is 56.4 Å². The maximum absolute atomic E-state index is 12.7. The van der Waals surface area contributed by atoms with Gasteiger partial charge in [0.15, 0.2) is 0 Å². The molecule has 118 valence electrons. The number of rotatable bonds is 6. The second-order valence-electron chi connectivity index (χ2n) is 5.38. The summed E-state index contributed by atoms with van der Waals surface area (Å²) in [4.78, 5) is 13.2. The summed E-state index contributed by atoms with van der Waals surface area (Å²) in [6.45, 7) is 2.32. The Morgan fingerprint density at radius 3 is 2.50 bits per heavy atom. The van der Waals surface area contributed by atoms with Crippen molar-refractivity contribution in [1.82, 2.24) is 10.2 Å². The zero-order valence-corrected chi connectivity index (χ0v) is 12.0. The predicted molar refractivity (Wildman–Crippen MR) is 69.3 cm³/mol. The maximum atomic E-state index is 12.7. The second-order valence-corrected chi connectivity index (χ2v) is 5.38. The highest BCUT2D eigenvalue weighted by atomic mass is 19.4. The molecule has 0 radical (unpaired) electrons. The molecule has 1 rings (SSSR count). The zero-order chi connectivity index (χ0) is 15.2. The number of nitrogens with zero attached hydrogens (tertiary/aromatic N) is 1. The van der Waals surface area contributed by atoms with Crippen LogP contribution in [0.15, 0.2) is 0 Å². The molecule has 1 heterocycles. The van der Waals surface area contributed by atoms with E-state index in [1.54, 1.807) is 6.92 Å². The van der Waals surface area contributed by atoms with Crippen molar-refractivity contribution in [3.8, 4) is 0 Å². The van der Waals surface area contributed by atoms with Gasteiger partial charge in [-0.25, -0.2) is 0 Å². The molecule has 0 spiro atoms. The Morgan fingerprint density at radius 1 is 1.40 bits per heavy atom. The van der Waals surface area contributed by atoms with Crippen LogP contribution in [0.2, 0.25) is 0 Å². The van der Waals surface area contributed by atoms with Crippen LogP contribution in [0.5, 0.6) is 0 Å². The lowest BCUT2D eigenvalue weighted by molar-refractivity contribution is -0.167. The Bertz CT molecular complexity index is 304. The van der Waals surface area contributed by atoms with Crippen molar-refractivity contribution >= 4 is 5.91 Å². The van der Waals surface area contributed by atoms with Gasteiger partial charge < -0.3 is 15.0 Å².